The molecular formula is C31H34P2. The molecule has 0 aliphatic heterocycles. The Morgan fingerprint density at radius 2 is 0.788 bits per heavy atom. The highest BCUT2D eigenvalue weighted by Gasteiger charge is 2.34. The average molecular weight is 469 g/mol. The van der Waals surface area contributed by atoms with Gasteiger partial charge in [-0.1, -0.05) is 142 Å². The second-order valence-electron chi connectivity index (χ2n) is 8.66. The second-order valence-corrected chi connectivity index (χ2v) is 13.7. The van der Waals surface area contributed by atoms with Gasteiger partial charge in [-0.15, -0.1) is 0 Å². The van der Waals surface area contributed by atoms with Crippen molar-refractivity contribution in [2.45, 2.75) is 38.5 Å². The first-order chi connectivity index (χ1) is 16.2. The van der Waals surface area contributed by atoms with Gasteiger partial charge in [0.05, 0.1) is 0 Å². The summed E-state index contributed by atoms with van der Waals surface area (Å²) in [6, 6.07) is 44.9. The summed E-state index contributed by atoms with van der Waals surface area (Å²) >= 11 is 0. The van der Waals surface area contributed by atoms with Crippen LogP contribution >= 0.6 is 15.8 Å². The van der Waals surface area contributed by atoms with E-state index in [1.165, 1.54) is 27.6 Å². The molecule has 0 heterocycles. The maximum atomic E-state index is 2.52. The predicted molar refractivity (Wildman–Crippen MR) is 151 cm³/mol. The third-order valence-electron chi connectivity index (χ3n) is 6.66. The minimum Gasteiger partial charge on any atom is -0.0647 e. The molecule has 3 atom stereocenters. The van der Waals surface area contributed by atoms with Crippen LogP contribution in [0.2, 0.25) is 0 Å². The lowest BCUT2D eigenvalue weighted by Gasteiger charge is -2.39. The second kappa shape index (κ2) is 11.7. The van der Waals surface area contributed by atoms with E-state index in [0.717, 1.165) is 0 Å². The van der Waals surface area contributed by atoms with Crippen LogP contribution in [0.5, 0.6) is 0 Å². The fourth-order valence-corrected chi connectivity index (χ4v) is 11.0. The molecule has 0 saturated carbocycles. The van der Waals surface area contributed by atoms with Crippen molar-refractivity contribution in [3.05, 3.63) is 121 Å². The molecule has 168 valence electrons. The molecule has 4 aromatic rings. The van der Waals surface area contributed by atoms with Crippen molar-refractivity contribution >= 4 is 37.1 Å². The summed E-state index contributed by atoms with van der Waals surface area (Å²) in [7, 11) is -0.880. The Labute approximate surface area is 202 Å². The van der Waals surface area contributed by atoms with E-state index in [4.69, 9.17) is 0 Å². The van der Waals surface area contributed by atoms with Crippen LogP contribution in [0.15, 0.2) is 121 Å². The highest BCUT2D eigenvalue weighted by atomic mass is 31.1. The third-order valence-corrected chi connectivity index (χ3v) is 12.9. The van der Waals surface area contributed by atoms with Crippen molar-refractivity contribution in [1.82, 2.24) is 0 Å². The van der Waals surface area contributed by atoms with Crippen molar-refractivity contribution in [3.8, 4) is 0 Å². The van der Waals surface area contributed by atoms with E-state index in [9.17, 15) is 0 Å². The maximum Gasteiger partial charge on any atom is -0.00996 e. The van der Waals surface area contributed by atoms with Gasteiger partial charge in [-0.3, -0.25) is 0 Å². The molecule has 1 unspecified atom stereocenters. The van der Waals surface area contributed by atoms with Crippen LogP contribution in [-0.2, 0) is 0 Å². The van der Waals surface area contributed by atoms with E-state index in [2.05, 4.69) is 142 Å². The van der Waals surface area contributed by atoms with Gasteiger partial charge in [-0.25, -0.2) is 0 Å². The van der Waals surface area contributed by atoms with E-state index in [-0.39, 0.29) is 0 Å². The summed E-state index contributed by atoms with van der Waals surface area (Å²) in [5.41, 5.74) is 1.20. The van der Waals surface area contributed by atoms with Gasteiger partial charge in [0.15, 0.2) is 0 Å². The Hall–Kier alpha value is -2.26. The highest BCUT2D eigenvalue weighted by Crippen LogP contribution is 2.51. The van der Waals surface area contributed by atoms with Crippen LogP contribution < -0.4 is 21.2 Å². The minimum atomic E-state index is -0.442. The van der Waals surface area contributed by atoms with Gasteiger partial charge < -0.3 is 0 Å². The normalized spacial score (nSPS) is 14.2. The van der Waals surface area contributed by atoms with E-state index < -0.39 is 15.8 Å². The average Bonchev–Trinajstić information content (AvgIpc) is 2.89. The van der Waals surface area contributed by atoms with Gasteiger partial charge >= 0.3 is 0 Å². The molecule has 4 aromatic carbocycles. The number of benzene rings is 4. The number of rotatable bonds is 9. The topological polar surface area (TPSA) is 0 Å². The first-order valence-corrected chi connectivity index (χ1v) is 14.8. The molecule has 0 aromatic heterocycles. The van der Waals surface area contributed by atoms with Crippen LogP contribution in [0.4, 0.5) is 0 Å². The molecule has 0 saturated heterocycles. The van der Waals surface area contributed by atoms with Gasteiger partial charge in [0.2, 0.25) is 0 Å². The molecule has 4 rings (SSSR count). The first-order valence-electron chi connectivity index (χ1n) is 12.0. The molecule has 0 aliphatic rings. The lowest BCUT2D eigenvalue weighted by molar-refractivity contribution is 0.529. The summed E-state index contributed by atoms with van der Waals surface area (Å²) in [5, 5.41) is 5.95. The zero-order valence-corrected chi connectivity index (χ0v) is 21.7. The SMILES string of the molecule is CC[C@@H](C(C)[C@H](C)P(c1ccccc1)c1ccccc1)P(c1ccccc1)c1ccccc1. The Bertz CT molecular complexity index is 1000. The molecule has 0 radical (unpaired) electrons. The van der Waals surface area contributed by atoms with Crippen LogP contribution in [0.3, 0.4) is 0 Å². The minimum absolute atomic E-state index is 0.438. The molecule has 0 amide bonds. The van der Waals surface area contributed by atoms with Gasteiger partial charge in [0, 0.05) is 0 Å². The summed E-state index contributed by atoms with van der Waals surface area (Å²) in [6.07, 6.45) is 1.19. The van der Waals surface area contributed by atoms with Crippen LogP contribution in [-0.4, -0.2) is 11.3 Å². The van der Waals surface area contributed by atoms with E-state index in [1.54, 1.807) is 0 Å². The van der Waals surface area contributed by atoms with E-state index >= 15 is 0 Å². The maximum absolute atomic E-state index is 2.52. The van der Waals surface area contributed by atoms with E-state index in [0.29, 0.717) is 17.2 Å². The first kappa shape index (κ1) is 23.9. The fraction of sp³-hybridized carbons (Fsp3) is 0.226. The van der Waals surface area contributed by atoms with Gasteiger partial charge in [0.25, 0.3) is 0 Å². The van der Waals surface area contributed by atoms with Gasteiger partial charge in [-0.05, 0) is 60.7 Å². The standard InChI is InChI=1S/C31H34P2/c1-4-31(33(29-21-13-7-14-22-29)30-23-15-8-16-24-30)25(2)26(3)32(27-17-9-5-10-18-27)28-19-11-6-12-20-28/h5-26,31H,4H2,1-3H3/t25?,26-,31-/m0/s1. The summed E-state index contributed by atoms with van der Waals surface area (Å²) < 4.78 is 0. The predicted octanol–water partition coefficient (Wildman–Crippen LogP) is 7.06. The van der Waals surface area contributed by atoms with Crippen LogP contribution in [0, 0.1) is 5.92 Å². The largest absolute Gasteiger partial charge is 0.0647 e. The zero-order chi connectivity index (χ0) is 23.0. The Morgan fingerprint density at radius 1 is 0.485 bits per heavy atom. The molecule has 0 N–H and O–H groups in total. The Balaban J connectivity index is 1.74. The third kappa shape index (κ3) is 5.63. The molecule has 0 bridgehead atoms. The van der Waals surface area contributed by atoms with Crippen molar-refractivity contribution in [1.29, 1.82) is 0 Å². The highest BCUT2D eigenvalue weighted by molar-refractivity contribution is 7.74. The Morgan fingerprint density at radius 3 is 1.09 bits per heavy atom. The molecular weight excluding hydrogens is 434 g/mol. The quantitative estimate of drug-likeness (QED) is 0.231. The molecule has 0 fully saturated rings. The van der Waals surface area contributed by atoms with Crippen molar-refractivity contribution < 1.29 is 0 Å². The van der Waals surface area contributed by atoms with Gasteiger partial charge in [0.1, 0.15) is 0 Å². The molecule has 0 spiro atoms. The molecule has 0 aliphatic carbocycles. The molecule has 33 heavy (non-hydrogen) atoms. The Kier molecular flexibility index (Phi) is 8.50. The summed E-state index contributed by atoms with van der Waals surface area (Å²) in [5.74, 6) is 0.591. The lowest BCUT2D eigenvalue weighted by Crippen LogP contribution is -2.34. The molecule has 2 heteroatoms. The van der Waals surface area contributed by atoms with Crippen molar-refractivity contribution in [2.75, 3.05) is 0 Å². The lowest BCUT2D eigenvalue weighted by atomic mass is 10.0. The van der Waals surface area contributed by atoms with Crippen molar-refractivity contribution in [3.63, 3.8) is 0 Å². The van der Waals surface area contributed by atoms with Crippen LogP contribution in [0.25, 0.3) is 0 Å². The smallest absolute Gasteiger partial charge is 0.00996 e. The molecule has 0 nitrogen and oxygen atoms in total. The van der Waals surface area contributed by atoms with Gasteiger partial charge in [-0.2, -0.15) is 0 Å². The number of hydrogen-bond donors (Lipinski definition) is 0. The monoisotopic (exact) mass is 468 g/mol. The number of hydrogen-bond acceptors (Lipinski definition) is 0. The van der Waals surface area contributed by atoms with E-state index in [1.807, 2.05) is 0 Å². The summed E-state index contributed by atoms with van der Waals surface area (Å²) in [4.78, 5) is 0. The fourth-order valence-electron chi connectivity index (χ4n) is 4.85. The van der Waals surface area contributed by atoms with Crippen LogP contribution in [0.1, 0.15) is 27.2 Å². The van der Waals surface area contributed by atoms with Crippen molar-refractivity contribution in [2.24, 2.45) is 5.92 Å². The zero-order valence-electron chi connectivity index (χ0n) is 19.9. The summed E-state index contributed by atoms with van der Waals surface area (Å²) in [6.45, 7) is 7.41.